The molecule has 3 aromatic rings. The van der Waals surface area contributed by atoms with Crippen LogP contribution in [0.1, 0.15) is 57.5 Å². The molecule has 3 heterocycles. The minimum absolute atomic E-state index is 0.155. The maximum Gasteiger partial charge on any atom is 0.341 e. The van der Waals surface area contributed by atoms with Gasteiger partial charge in [0, 0.05) is 21.3 Å². The van der Waals surface area contributed by atoms with Crippen molar-refractivity contribution >= 4 is 58.3 Å². The van der Waals surface area contributed by atoms with E-state index in [1.54, 1.807) is 36.6 Å². The summed E-state index contributed by atoms with van der Waals surface area (Å²) in [6.07, 6.45) is 6.02. The van der Waals surface area contributed by atoms with Gasteiger partial charge in [0.2, 0.25) is 0 Å². The van der Waals surface area contributed by atoms with Gasteiger partial charge in [0.1, 0.15) is 10.8 Å². The molecule has 1 aliphatic carbocycles. The number of amides is 1. The summed E-state index contributed by atoms with van der Waals surface area (Å²) in [6, 6.07) is 7.36. The summed E-state index contributed by atoms with van der Waals surface area (Å²) < 4.78 is 13.0. The second-order valence-corrected chi connectivity index (χ2v) is 11.9. The number of esters is 1. The van der Waals surface area contributed by atoms with Gasteiger partial charge in [-0.1, -0.05) is 23.4 Å². The smallest absolute Gasteiger partial charge is 0.341 e. The Hall–Kier alpha value is -2.88. The topological polar surface area (TPSA) is 81.6 Å². The maximum absolute atomic E-state index is 13.1. The molecule has 10 heteroatoms. The van der Waals surface area contributed by atoms with Gasteiger partial charge in [-0.15, -0.1) is 11.3 Å². The van der Waals surface area contributed by atoms with Crippen LogP contribution in [0, 0.1) is 13.8 Å². The molecule has 1 fully saturated rings. The summed E-state index contributed by atoms with van der Waals surface area (Å²) >= 11 is 9.24. The highest BCUT2D eigenvalue weighted by Gasteiger charge is 2.30. The van der Waals surface area contributed by atoms with E-state index in [0.717, 1.165) is 53.2 Å². The van der Waals surface area contributed by atoms with Crippen molar-refractivity contribution in [2.45, 2.75) is 52.0 Å². The standard InChI is InChI=1S/C28H30ClN3O4S2/c1-5-36-27(34)24-19-8-6-7-9-22(19)37-26(24)32-15(2)12-17(16(32)3)13-23-25(33)31-28(38-23)30-20-14-18(29)10-11-21(20)35-4/h10-14,28,30H,5-9H2,1-4H3,(H,31,33)/b23-13-. The molecule has 200 valence electrons. The van der Waals surface area contributed by atoms with E-state index in [1.165, 1.54) is 16.6 Å². The number of halogens is 1. The highest BCUT2D eigenvalue weighted by atomic mass is 35.5. The van der Waals surface area contributed by atoms with Crippen molar-refractivity contribution in [3.05, 3.63) is 67.1 Å². The van der Waals surface area contributed by atoms with Crippen LogP contribution in [0.15, 0.2) is 29.2 Å². The average Bonchev–Trinajstić information content (AvgIpc) is 3.51. The fourth-order valence-electron chi connectivity index (χ4n) is 5.01. The highest BCUT2D eigenvalue weighted by molar-refractivity contribution is 8.05. The van der Waals surface area contributed by atoms with Crippen LogP contribution in [-0.4, -0.2) is 35.7 Å². The largest absolute Gasteiger partial charge is 0.495 e. The zero-order valence-corrected chi connectivity index (χ0v) is 24.2. The monoisotopic (exact) mass is 571 g/mol. The Morgan fingerprint density at radius 3 is 2.82 bits per heavy atom. The lowest BCUT2D eigenvalue weighted by atomic mass is 9.95. The first kappa shape index (κ1) is 26.7. The van der Waals surface area contributed by atoms with Crippen LogP contribution in [0.4, 0.5) is 5.69 Å². The number of rotatable bonds is 7. The molecule has 0 bridgehead atoms. The summed E-state index contributed by atoms with van der Waals surface area (Å²) in [5.41, 5.74) is 5.07. The number of methoxy groups -OCH3 is 1. The highest BCUT2D eigenvalue weighted by Crippen LogP contribution is 2.40. The molecule has 0 spiro atoms. The number of hydrogen-bond acceptors (Lipinski definition) is 7. The zero-order chi connectivity index (χ0) is 27.0. The van der Waals surface area contributed by atoms with E-state index in [9.17, 15) is 9.59 Å². The van der Waals surface area contributed by atoms with Crippen molar-refractivity contribution in [2.75, 3.05) is 19.0 Å². The Bertz CT molecular complexity index is 1440. The number of fused-ring (bicyclic) bond motifs is 1. The number of aryl methyl sites for hydroxylation is 2. The Morgan fingerprint density at radius 2 is 2.05 bits per heavy atom. The molecule has 1 saturated heterocycles. The van der Waals surface area contributed by atoms with E-state index in [-0.39, 0.29) is 17.4 Å². The lowest BCUT2D eigenvalue weighted by Crippen LogP contribution is -2.31. The van der Waals surface area contributed by atoms with E-state index in [1.807, 2.05) is 26.8 Å². The van der Waals surface area contributed by atoms with Crippen molar-refractivity contribution in [3.8, 4) is 10.8 Å². The van der Waals surface area contributed by atoms with Gasteiger partial charge in [0.25, 0.3) is 5.91 Å². The number of nitrogens with zero attached hydrogens (tertiary/aromatic N) is 1. The fraction of sp³-hybridized carbons (Fsp3) is 0.357. The molecule has 2 N–H and O–H groups in total. The van der Waals surface area contributed by atoms with Crippen LogP contribution in [-0.2, 0) is 22.4 Å². The molecule has 1 atom stereocenters. The SMILES string of the molecule is CCOC(=O)c1c(-n2c(C)cc(/C=C3\SC(Nc4cc(Cl)ccc4OC)NC3=O)c2C)sc2c1CCCC2. The number of carbonyl (C=O) groups is 2. The summed E-state index contributed by atoms with van der Waals surface area (Å²) in [5, 5.41) is 7.74. The van der Waals surface area contributed by atoms with Gasteiger partial charge in [-0.2, -0.15) is 0 Å². The van der Waals surface area contributed by atoms with Crippen LogP contribution in [0.5, 0.6) is 5.75 Å². The molecular weight excluding hydrogens is 542 g/mol. The van der Waals surface area contributed by atoms with Gasteiger partial charge < -0.3 is 24.7 Å². The van der Waals surface area contributed by atoms with Gasteiger partial charge in [-0.25, -0.2) is 4.79 Å². The van der Waals surface area contributed by atoms with E-state index in [4.69, 9.17) is 21.1 Å². The molecule has 0 radical (unpaired) electrons. The minimum Gasteiger partial charge on any atom is -0.495 e. The number of ether oxygens (including phenoxy) is 2. The van der Waals surface area contributed by atoms with Crippen molar-refractivity contribution in [1.29, 1.82) is 0 Å². The first-order chi connectivity index (χ1) is 18.3. The minimum atomic E-state index is -0.371. The Labute approximate surface area is 235 Å². The number of aromatic nitrogens is 1. The van der Waals surface area contributed by atoms with E-state index < -0.39 is 0 Å². The van der Waals surface area contributed by atoms with Gasteiger partial charge in [0.05, 0.1) is 29.9 Å². The van der Waals surface area contributed by atoms with E-state index in [2.05, 4.69) is 21.3 Å². The number of carbonyl (C=O) groups excluding carboxylic acids is 2. The van der Waals surface area contributed by atoms with Crippen LogP contribution >= 0.6 is 34.7 Å². The Morgan fingerprint density at radius 1 is 1.26 bits per heavy atom. The number of anilines is 1. The van der Waals surface area contributed by atoms with Gasteiger partial charge >= 0.3 is 5.97 Å². The fourth-order valence-corrected chi connectivity index (χ4v) is 7.64. The van der Waals surface area contributed by atoms with Crippen molar-refractivity contribution in [3.63, 3.8) is 0 Å². The third-order valence-electron chi connectivity index (χ3n) is 6.77. The lowest BCUT2D eigenvalue weighted by molar-refractivity contribution is -0.116. The van der Waals surface area contributed by atoms with Crippen LogP contribution < -0.4 is 15.4 Å². The van der Waals surface area contributed by atoms with Crippen molar-refractivity contribution in [2.24, 2.45) is 0 Å². The zero-order valence-electron chi connectivity index (χ0n) is 21.8. The summed E-state index contributed by atoms with van der Waals surface area (Å²) in [4.78, 5) is 27.8. The molecule has 1 amide bonds. The third kappa shape index (κ3) is 5.07. The Kier molecular flexibility index (Phi) is 7.79. The normalized spacial score (nSPS) is 17.9. The third-order valence-corrected chi connectivity index (χ3v) is 9.31. The first-order valence-electron chi connectivity index (χ1n) is 12.6. The van der Waals surface area contributed by atoms with Gasteiger partial charge in [-0.3, -0.25) is 4.79 Å². The van der Waals surface area contributed by atoms with Crippen molar-refractivity contribution < 1.29 is 19.1 Å². The molecule has 0 saturated carbocycles. The molecule has 1 aromatic carbocycles. The van der Waals surface area contributed by atoms with E-state index in [0.29, 0.717) is 33.5 Å². The van der Waals surface area contributed by atoms with Gasteiger partial charge in [0.15, 0.2) is 5.50 Å². The predicted octanol–water partition coefficient (Wildman–Crippen LogP) is 6.47. The van der Waals surface area contributed by atoms with Crippen molar-refractivity contribution in [1.82, 2.24) is 9.88 Å². The number of thioether (sulfide) groups is 1. The molecular formula is C28H30ClN3O4S2. The molecule has 1 aliphatic heterocycles. The Balaban J connectivity index is 1.46. The second-order valence-electron chi connectivity index (χ2n) is 9.24. The number of thiophene rings is 1. The quantitative estimate of drug-likeness (QED) is 0.250. The molecule has 38 heavy (non-hydrogen) atoms. The number of hydrogen-bond donors (Lipinski definition) is 2. The number of benzene rings is 1. The maximum atomic E-state index is 13.1. The summed E-state index contributed by atoms with van der Waals surface area (Å²) in [7, 11) is 1.59. The molecule has 5 rings (SSSR count). The molecule has 1 unspecified atom stereocenters. The molecule has 7 nitrogen and oxygen atoms in total. The van der Waals surface area contributed by atoms with Crippen LogP contribution in [0.2, 0.25) is 5.02 Å². The summed E-state index contributed by atoms with van der Waals surface area (Å²) in [6.45, 7) is 6.23. The second kappa shape index (κ2) is 11.1. The van der Waals surface area contributed by atoms with E-state index >= 15 is 0 Å². The van der Waals surface area contributed by atoms with Gasteiger partial charge in [-0.05, 0) is 87.9 Å². The first-order valence-corrected chi connectivity index (χ1v) is 14.7. The molecule has 2 aliphatic rings. The van der Waals surface area contributed by atoms with Crippen LogP contribution in [0.25, 0.3) is 11.1 Å². The lowest BCUT2D eigenvalue weighted by Gasteiger charge is -2.15. The summed E-state index contributed by atoms with van der Waals surface area (Å²) in [5.74, 6) is 0.226. The van der Waals surface area contributed by atoms with Crippen LogP contribution in [0.3, 0.4) is 0 Å². The predicted molar refractivity (Wildman–Crippen MR) is 155 cm³/mol. The average molecular weight is 572 g/mol. The molecule has 2 aromatic heterocycles. The number of nitrogens with one attached hydrogen (secondary N) is 2.